The first kappa shape index (κ1) is 14.2. The Balaban J connectivity index is 1.69. The summed E-state index contributed by atoms with van der Waals surface area (Å²) in [6.07, 6.45) is 2.30. The third-order valence-electron chi connectivity index (χ3n) is 2.96. The molecule has 0 aromatic carbocycles. The summed E-state index contributed by atoms with van der Waals surface area (Å²) in [5.41, 5.74) is 5.52. The van der Waals surface area contributed by atoms with E-state index >= 15 is 0 Å². The Morgan fingerprint density at radius 2 is 2.39 bits per heavy atom. The molecule has 3 N–H and O–H groups in total. The number of hydrogen-bond donors (Lipinski definition) is 2. The van der Waals surface area contributed by atoms with E-state index in [0.29, 0.717) is 13.1 Å². The van der Waals surface area contributed by atoms with Crippen molar-refractivity contribution in [3.8, 4) is 0 Å². The van der Waals surface area contributed by atoms with Crippen molar-refractivity contribution in [2.75, 3.05) is 13.1 Å². The molecule has 0 saturated carbocycles. The van der Waals surface area contributed by atoms with Gasteiger partial charge in [0.25, 0.3) is 0 Å². The second-order valence-corrected chi connectivity index (χ2v) is 7.37. The summed E-state index contributed by atoms with van der Waals surface area (Å²) in [5.74, 6) is -0.00259. The molecule has 0 bridgehead atoms. The lowest BCUT2D eigenvalue weighted by Gasteiger charge is -2.12. The summed E-state index contributed by atoms with van der Waals surface area (Å²) < 4.78 is 6.82. The molecule has 1 saturated heterocycles. The Kier molecular flexibility index (Phi) is 5.40. The molecular formula is C12H17IN2O2S. The standard InChI is InChI=1S/C12H17IN2O2S/c13-11-4-2-9(18-11)5-6-15-12(16)10-3-1-8(7-14)17-10/h2,4,8,10H,1,3,5-7,14H2,(H,15,16)/t8-,10+/m1/s1. The molecule has 1 aromatic heterocycles. The second-order valence-electron chi connectivity index (χ2n) is 4.31. The first-order valence-electron chi connectivity index (χ1n) is 6.06. The molecule has 1 amide bonds. The third-order valence-corrected chi connectivity index (χ3v) is 4.92. The van der Waals surface area contributed by atoms with E-state index in [4.69, 9.17) is 10.5 Å². The maximum Gasteiger partial charge on any atom is 0.249 e. The highest BCUT2D eigenvalue weighted by molar-refractivity contribution is 14.1. The van der Waals surface area contributed by atoms with E-state index in [2.05, 4.69) is 40.0 Å². The van der Waals surface area contributed by atoms with Gasteiger partial charge in [-0.2, -0.15) is 0 Å². The first-order valence-corrected chi connectivity index (χ1v) is 7.96. The number of carbonyl (C=O) groups excluding carboxylic acids is 1. The van der Waals surface area contributed by atoms with Gasteiger partial charge in [0.15, 0.2) is 0 Å². The summed E-state index contributed by atoms with van der Waals surface area (Å²) in [6, 6.07) is 4.20. The topological polar surface area (TPSA) is 64.4 Å². The van der Waals surface area contributed by atoms with Crippen LogP contribution in [0.5, 0.6) is 0 Å². The maximum atomic E-state index is 11.8. The zero-order valence-corrected chi connectivity index (χ0v) is 13.0. The smallest absolute Gasteiger partial charge is 0.249 e. The van der Waals surface area contributed by atoms with Crippen LogP contribution >= 0.6 is 33.9 Å². The van der Waals surface area contributed by atoms with E-state index in [9.17, 15) is 4.79 Å². The molecule has 1 aromatic rings. The van der Waals surface area contributed by atoms with Crippen LogP contribution in [0.4, 0.5) is 0 Å². The van der Waals surface area contributed by atoms with E-state index in [-0.39, 0.29) is 18.1 Å². The van der Waals surface area contributed by atoms with E-state index in [0.717, 1.165) is 19.3 Å². The molecule has 0 radical (unpaired) electrons. The Labute approximate surface area is 124 Å². The molecule has 6 heteroatoms. The van der Waals surface area contributed by atoms with Crippen LogP contribution in [0.15, 0.2) is 12.1 Å². The number of halogens is 1. The summed E-state index contributed by atoms with van der Waals surface area (Å²) in [7, 11) is 0. The molecule has 18 heavy (non-hydrogen) atoms. The fourth-order valence-electron chi connectivity index (χ4n) is 1.98. The molecular weight excluding hydrogens is 363 g/mol. The summed E-state index contributed by atoms with van der Waals surface area (Å²) in [4.78, 5) is 13.1. The molecule has 0 unspecified atom stereocenters. The van der Waals surface area contributed by atoms with Gasteiger partial charge in [-0.1, -0.05) is 0 Å². The minimum Gasteiger partial charge on any atom is -0.364 e. The van der Waals surface area contributed by atoms with Crippen molar-refractivity contribution < 1.29 is 9.53 Å². The Morgan fingerprint density at radius 1 is 1.56 bits per heavy atom. The average Bonchev–Trinajstić information content (AvgIpc) is 2.98. The molecule has 2 rings (SSSR count). The van der Waals surface area contributed by atoms with Crippen LogP contribution in [0, 0.1) is 2.88 Å². The molecule has 0 spiro atoms. The van der Waals surface area contributed by atoms with Crippen LogP contribution in [0.25, 0.3) is 0 Å². The monoisotopic (exact) mass is 380 g/mol. The van der Waals surface area contributed by atoms with Crippen LogP contribution in [0.1, 0.15) is 17.7 Å². The van der Waals surface area contributed by atoms with E-state index in [1.807, 2.05) is 0 Å². The van der Waals surface area contributed by atoms with E-state index in [1.54, 1.807) is 11.3 Å². The fourth-order valence-corrected chi connectivity index (χ4v) is 3.74. The van der Waals surface area contributed by atoms with Crippen LogP contribution in [-0.4, -0.2) is 31.2 Å². The number of thiophene rings is 1. The van der Waals surface area contributed by atoms with Crippen molar-refractivity contribution in [2.24, 2.45) is 5.73 Å². The lowest BCUT2D eigenvalue weighted by Crippen LogP contribution is -2.36. The molecule has 0 aliphatic carbocycles. The number of hydrogen-bond acceptors (Lipinski definition) is 4. The molecule has 4 nitrogen and oxygen atoms in total. The maximum absolute atomic E-state index is 11.8. The number of nitrogens with one attached hydrogen (secondary N) is 1. The van der Waals surface area contributed by atoms with E-state index < -0.39 is 0 Å². The zero-order chi connectivity index (χ0) is 13.0. The second kappa shape index (κ2) is 6.83. The van der Waals surface area contributed by atoms with Gasteiger partial charge in [0, 0.05) is 18.0 Å². The predicted octanol–water partition coefficient (Wildman–Crippen LogP) is 1.52. The number of ether oxygens (including phenoxy) is 1. The quantitative estimate of drug-likeness (QED) is 0.762. The highest BCUT2D eigenvalue weighted by Crippen LogP contribution is 2.20. The lowest BCUT2D eigenvalue weighted by molar-refractivity contribution is -0.131. The molecule has 2 atom stereocenters. The van der Waals surface area contributed by atoms with Gasteiger partial charge in [-0.25, -0.2) is 0 Å². The van der Waals surface area contributed by atoms with Crippen molar-refractivity contribution in [1.29, 1.82) is 0 Å². The predicted molar refractivity (Wildman–Crippen MR) is 80.7 cm³/mol. The number of nitrogens with two attached hydrogens (primary N) is 1. The molecule has 1 fully saturated rings. The highest BCUT2D eigenvalue weighted by Gasteiger charge is 2.29. The summed E-state index contributed by atoms with van der Waals surface area (Å²) in [5, 5.41) is 2.93. The van der Waals surface area contributed by atoms with Crippen LogP contribution in [0.2, 0.25) is 0 Å². The van der Waals surface area contributed by atoms with Gasteiger partial charge in [0.2, 0.25) is 5.91 Å². The average molecular weight is 380 g/mol. The van der Waals surface area contributed by atoms with Crippen LogP contribution < -0.4 is 11.1 Å². The van der Waals surface area contributed by atoms with Gasteiger partial charge >= 0.3 is 0 Å². The van der Waals surface area contributed by atoms with Gasteiger partial charge in [0.05, 0.1) is 8.99 Å². The van der Waals surface area contributed by atoms with Crippen molar-refractivity contribution in [2.45, 2.75) is 31.5 Å². The Hall–Kier alpha value is -0.180. The number of amides is 1. The van der Waals surface area contributed by atoms with E-state index in [1.165, 1.54) is 7.76 Å². The molecule has 100 valence electrons. The third kappa shape index (κ3) is 3.91. The number of rotatable bonds is 5. The fraction of sp³-hybridized carbons (Fsp3) is 0.583. The molecule has 2 heterocycles. The van der Waals surface area contributed by atoms with Crippen LogP contribution in [0.3, 0.4) is 0 Å². The van der Waals surface area contributed by atoms with Crippen molar-refractivity contribution in [1.82, 2.24) is 5.32 Å². The summed E-state index contributed by atoms with van der Waals surface area (Å²) >= 11 is 4.07. The Bertz CT molecular complexity index is 411. The normalized spacial score (nSPS) is 23.2. The zero-order valence-electron chi connectivity index (χ0n) is 10.0. The lowest BCUT2D eigenvalue weighted by atomic mass is 10.2. The summed E-state index contributed by atoms with van der Waals surface area (Å²) in [6.45, 7) is 1.17. The van der Waals surface area contributed by atoms with Gasteiger partial charge in [-0.3, -0.25) is 4.79 Å². The molecule has 1 aliphatic heterocycles. The van der Waals surface area contributed by atoms with Gasteiger partial charge in [-0.15, -0.1) is 11.3 Å². The van der Waals surface area contributed by atoms with Crippen molar-refractivity contribution in [3.63, 3.8) is 0 Å². The molecule has 1 aliphatic rings. The van der Waals surface area contributed by atoms with Crippen LogP contribution in [-0.2, 0) is 16.0 Å². The number of carbonyl (C=O) groups is 1. The van der Waals surface area contributed by atoms with Gasteiger partial charge in [0.1, 0.15) is 6.10 Å². The largest absolute Gasteiger partial charge is 0.364 e. The van der Waals surface area contributed by atoms with Crippen molar-refractivity contribution in [3.05, 3.63) is 19.9 Å². The highest BCUT2D eigenvalue weighted by atomic mass is 127. The first-order chi connectivity index (χ1) is 8.69. The Morgan fingerprint density at radius 3 is 3.00 bits per heavy atom. The van der Waals surface area contributed by atoms with Gasteiger partial charge < -0.3 is 15.8 Å². The SMILES string of the molecule is NC[C@H]1CC[C@@H](C(=O)NCCc2ccc(I)s2)O1. The van der Waals surface area contributed by atoms with Gasteiger partial charge in [-0.05, 0) is 54.0 Å². The van der Waals surface area contributed by atoms with Crippen molar-refractivity contribution >= 4 is 39.8 Å². The minimum atomic E-state index is -0.304. The minimum absolute atomic E-state index is 0.00259.